The van der Waals surface area contributed by atoms with Crippen LogP contribution in [-0.4, -0.2) is 31.7 Å². The van der Waals surface area contributed by atoms with Crippen molar-refractivity contribution in [2.45, 2.75) is 26.3 Å². The van der Waals surface area contributed by atoms with Crippen LogP contribution in [0, 0.1) is 13.8 Å². The average Bonchev–Trinajstić information content (AvgIpc) is 2.32. The Morgan fingerprint density at radius 3 is 2.67 bits per heavy atom. The van der Waals surface area contributed by atoms with Gasteiger partial charge in [-0.05, 0) is 37.9 Å². The van der Waals surface area contributed by atoms with Crippen molar-refractivity contribution < 1.29 is 9.53 Å². The van der Waals surface area contributed by atoms with Crippen molar-refractivity contribution in [2.24, 2.45) is 5.73 Å². The maximum atomic E-state index is 12.1. The number of amides is 1. The maximum absolute atomic E-state index is 12.1. The number of anilines is 1. The molecule has 98 valence electrons. The summed E-state index contributed by atoms with van der Waals surface area (Å²) in [6.45, 7) is 5.35. The number of nitrogens with zero attached hydrogens (tertiary/aromatic N) is 1. The van der Waals surface area contributed by atoms with Crippen molar-refractivity contribution in [1.29, 1.82) is 0 Å². The van der Waals surface area contributed by atoms with Crippen molar-refractivity contribution >= 4 is 11.6 Å². The molecule has 2 rings (SSSR count). The van der Waals surface area contributed by atoms with Gasteiger partial charge in [0, 0.05) is 5.69 Å². The average molecular weight is 248 g/mol. The lowest BCUT2D eigenvalue weighted by Crippen LogP contribution is -2.51. The van der Waals surface area contributed by atoms with Gasteiger partial charge < -0.3 is 15.4 Å². The summed E-state index contributed by atoms with van der Waals surface area (Å²) >= 11 is 0. The standard InChI is InChI=1S/C14H20N2O2/c1-10-4-3-5-11(2)14(10)16-12(6-7-15)8-18-9-13(16)17/h3-5,12H,6-9,15H2,1-2H3. The maximum Gasteiger partial charge on any atom is 0.253 e. The first-order valence-electron chi connectivity index (χ1n) is 6.31. The first-order chi connectivity index (χ1) is 8.65. The number of carbonyl (C=O) groups excluding carboxylic acids is 1. The number of rotatable bonds is 3. The van der Waals surface area contributed by atoms with E-state index in [1.54, 1.807) is 0 Å². The minimum atomic E-state index is 0.0251. The highest BCUT2D eigenvalue weighted by Gasteiger charge is 2.31. The van der Waals surface area contributed by atoms with Crippen molar-refractivity contribution in [3.8, 4) is 0 Å². The Labute approximate surface area is 108 Å². The summed E-state index contributed by atoms with van der Waals surface area (Å²) < 4.78 is 5.33. The van der Waals surface area contributed by atoms with Crippen LogP contribution in [0.15, 0.2) is 18.2 Å². The molecule has 18 heavy (non-hydrogen) atoms. The predicted molar refractivity (Wildman–Crippen MR) is 71.7 cm³/mol. The highest BCUT2D eigenvalue weighted by atomic mass is 16.5. The van der Waals surface area contributed by atoms with E-state index in [-0.39, 0.29) is 18.6 Å². The number of carbonyl (C=O) groups is 1. The zero-order valence-corrected chi connectivity index (χ0v) is 11.0. The molecule has 0 aliphatic carbocycles. The second-order valence-corrected chi connectivity index (χ2v) is 4.75. The van der Waals surface area contributed by atoms with Gasteiger partial charge in [0.05, 0.1) is 12.6 Å². The Balaban J connectivity index is 2.40. The van der Waals surface area contributed by atoms with Gasteiger partial charge in [0.15, 0.2) is 0 Å². The molecule has 2 N–H and O–H groups in total. The molecular formula is C14H20N2O2. The van der Waals surface area contributed by atoms with E-state index in [2.05, 4.69) is 0 Å². The minimum Gasteiger partial charge on any atom is -0.369 e. The number of morpholine rings is 1. The topological polar surface area (TPSA) is 55.6 Å². The zero-order valence-electron chi connectivity index (χ0n) is 11.0. The van der Waals surface area contributed by atoms with E-state index in [0.717, 1.165) is 23.2 Å². The van der Waals surface area contributed by atoms with E-state index < -0.39 is 0 Å². The summed E-state index contributed by atoms with van der Waals surface area (Å²) in [7, 11) is 0. The second kappa shape index (κ2) is 5.50. The number of nitrogens with two attached hydrogens (primary N) is 1. The van der Waals surface area contributed by atoms with Gasteiger partial charge in [-0.25, -0.2) is 0 Å². The van der Waals surface area contributed by atoms with Crippen molar-refractivity contribution in [1.82, 2.24) is 0 Å². The van der Waals surface area contributed by atoms with Crippen LogP contribution in [-0.2, 0) is 9.53 Å². The Bertz CT molecular complexity index is 423. The van der Waals surface area contributed by atoms with Crippen molar-refractivity contribution in [3.63, 3.8) is 0 Å². The fraction of sp³-hybridized carbons (Fsp3) is 0.500. The second-order valence-electron chi connectivity index (χ2n) is 4.75. The summed E-state index contributed by atoms with van der Waals surface area (Å²) in [6, 6.07) is 6.13. The molecule has 1 atom stereocenters. The molecule has 1 saturated heterocycles. The molecule has 1 amide bonds. The van der Waals surface area contributed by atoms with Gasteiger partial charge in [0.2, 0.25) is 0 Å². The largest absolute Gasteiger partial charge is 0.369 e. The molecule has 0 saturated carbocycles. The van der Waals surface area contributed by atoms with E-state index in [1.807, 2.05) is 36.9 Å². The summed E-state index contributed by atoms with van der Waals surface area (Å²) in [5, 5.41) is 0. The summed E-state index contributed by atoms with van der Waals surface area (Å²) in [4.78, 5) is 14.0. The third kappa shape index (κ3) is 2.40. The van der Waals surface area contributed by atoms with E-state index in [1.165, 1.54) is 0 Å². The molecule has 1 aromatic carbocycles. The lowest BCUT2D eigenvalue weighted by atomic mass is 10.0. The van der Waals surface area contributed by atoms with Crippen LogP contribution in [0.4, 0.5) is 5.69 Å². The Hall–Kier alpha value is -1.39. The molecule has 1 aliphatic rings. The molecule has 1 aromatic rings. The van der Waals surface area contributed by atoms with Gasteiger partial charge in [0.25, 0.3) is 5.91 Å². The minimum absolute atomic E-state index is 0.0251. The van der Waals surface area contributed by atoms with E-state index >= 15 is 0 Å². The molecule has 1 fully saturated rings. The monoisotopic (exact) mass is 248 g/mol. The van der Waals surface area contributed by atoms with Crippen LogP contribution in [0.1, 0.15) is 17.5 Å². The SMILES string of the molecule is Cc1cccc(C)c1N1C(=O)COCC1CCN. The van der Waals surface area contributed by atoms with E-state index in [9.17, 15) is 4.79 Å². The summed E-state index contributed by atoms with van der Waals surface area (Å²) in [5.74, 6) is 0.0251. The molecule has 0 bridgehead atoms. The number of ether oxygens (including phenoxy) is 1. The normalized spacial score (nSPS) is 20.3. The van der Waals surface area contributed by atoms with Gasteiger partial charge >= 0.3 is 0 Å². The number of hydrogen-bond donors (Lipinski definition) is 1. The molecule has 1 aliphatic heterocycles. The van der Waals surface area contributed by atoms with Gasteiger partial charge in [-0.1, -0.05) is 18.2 Å². The Kier molecular flexibility index (Phi) is 3.99. The van der Waals surface area contributed by atoms with Crippen LogP contribution in [0.2, 0.25) is 0 Å². The number of hydrogen-bond acceptors (Lipinski definition) is 3. The van der Waals surface area contributed by atoms with Gasteiger partial charge in [0.1, 0.15) is 6.61 Å². The van der Waals surface area contributed by atoms with E-state index in [0.29, 0.717) is 13.2 Å². The smallest absolute Gasteiger partial charge is 0.253 e. The first-order valence-corrected chi connectivity index (χ1v) is 6.31. The quantitative estimate of drug-likeness (QED) is 0.879. The fourth-order valence-electron chi connectivity index (χ4n) is 2.53. The van der Waals surface area contributed by atoms with Crippen LogP contribution >= 0.6 is 0 Å². The van der Waals surface area contributed by atoms with Gasteiger partial charge in [-0.15, -0.1) is 0 Å². The highest BCUT2D eigenvalue weighted by Crippen LogP contribution is 2.29. The van der Waals surface area contributed by atoms with Crippen molar-refractivity contribution in [3.05, 3.63) is 29.3 Å². The summed E-state index contributed by atoms with van der Waals surface area (Å²) in [5.41, 5.74) is 8.88. The molecule has 1 unspecified atom stereocenters. The molecule has 4 heteroatoms. The van der Waals surface area contributed by atoms with Crippen LogP contribution < -0.4 is 10.6 Å². The third-order valence-corrected chi connectivity index (χ3v) is 3.35. The molecule has 1 heterocycles. The first kappa shape index (κ1) is 13.1. The predicted octanol–water partition coefficient (Wildman–Crippen LogP) is 1.38. The highest BCUT2D eigenvalue weighted by molar-refractivity contribution is 5.97. The zero-order chi connectivity index (χ0) is 13.1. The van der Waals surface area contributed by atoms with Crippen LogP contribution in [0.25, 0.3) is 0 Å². The van der Waals surface area contributed by atoms with E-state index in [4.69, 9.17) is 10.5 Å². The van der Waals surface area contributed by atoms with Gasteiger partial charge in [-0.2, -0.15) is 0 Å². The molecule has 4 nitrogen and oxygen atoms in total. The lowest BCUT2D eigenvalue weighted by molar-refractivity contribution is -0.127. The summed E-state index contributed by atoms with van der Waals surface area (Å²) in [6.07, 6.45) is 0.763. The third-order valence-electron chi connectivity index (χ3n) is 3.35. The fourth-order valence-corrected chi connectivity index (χ4v) is 2.53. The Morgan fingerprint density at radius 2 is 2.06 bits per heavy atom. The number of aryl methyl sites for hydroxylation is 2. The Morgan fingerprint density at radius 1 is 1.39 bits per heavy atom. The number of benzene rings is 1. The molecule has 0 radical (unpaired) electrons. The molecular weight excluding hydrogens is 228 g/mol. The molecule has 0 aromatic heterocycles. The van der Waals surface area contributed by atoms with Crippen molar-refractivity contribution in [2.75, 3.05) is 24.7 Å². The lowest BCUT2D eigenvalue weighted by Gasteiger charge is -2.37. The van der Waals surface area contributed by atoms with Crippen LogP contribution in [0.5, 0.6) is 0 Å². The molecule has 0 spiro atoms. The number of para-hydroxylation sites is 1. The van der Waals surface area contributed by atoms with Crippen LogP contribution in [0.3, 0.4) is 0 Å². The van der Waals surface area contributed by atoms with Gasteiger partial charge in [-0.3, -0.25) is 4.79 Å².